The molecule has 2 rings (SSSR count). The van der Waals surface area contributed by atoms with E-state index in [-0.39, 0.29) is 5.91 Å². The van der Waals surface area contributed by atoms with Crippen molar-refractivity contribution in [2.45, 2.75) is 39.0 Å². The number of hydrogen-bond acceptors (Lipinski definition) is 5. The van der Waals surface area contributed by atoms with E-state index in [2.05, 4.69) is 28.5 Å². The van der Waals surface area contributed by atoms with Crippen LogP contribution in [0.2, 0.25) is 0 Å². The first-order valence-electron chi connectivity index (χ1n) is 6.52. The molecule has 0 aromatic carbocycles. The Labute approximate surface area is 112 Å². The van der Waals surface area contributed by atoms with Crippen LogP contribution in [0, 0.1) is 0 Å². The average molecular weight is 268 g/mol. The van der Waals surface area contributed by atoms with Gasteiger partial charge in [0.05, 0.1) is 0 Å². The van der Waals surface area contributed by atoms with E-state index in [9.17, 15) is 4.79 Å². The van der Waals surface area contributed by atoms with E-state index >= 15 is 0 Å². The molecule has 0 atom stereocenters. The van der Waals surface area contributed by atoms with Gasteiger partial charge in [0.25, 0.3) is 0 Å². The molecule has 0 saturated carbocycles. The molecule has 1 aliphatic heterocycles. The third-order valence-corrected chi connectivity index (χ3v) is 3.72. The predicted molar refractivity (Wildman–Crippen MR) is 72.9 cm³/mol. The molecule has 1 saturated heterocycles. The first-order chi connectivity index (χ1) is 8.66. The lowest BCUT2D eigenvalue weighted by atomic mass is 10.2. The van der Waals surface area contributed by atoms with Crippen LogP contribution in [0.3, 0.4) is 0 Å². The molecular formula is C12H20N4OS. The van der Waals surface area contributed by atoms with Crippen LogP contribution in [0.5, 0.6) is 0 Å². The van der Waals surface area contributed by atoms with Gasteiger partial charge < -0.3 is 10.2 Å². The number of rotatable bonds is 5. The van der Waals surface area contributed by atoms with Crippen molar-refractivity contribution in [3.8, 4) is 0 Å². The predicted octanol–water partition coefficient (Wildman–Crippen LogP) is 2.09. The maximum absolute atomic E-state index is 11.8. The van der Waals surface area contributed by atoms with Gasteiger partial charge in [0.15, 0.2) is 0 Å². The van der Waals surface area contributed by atoms with Gasteiger partial charge in [0, 0.05) is 43.5 Å². The molecule has 2 heterocycles. The third-order valence-electron chi connectivity index (χ3n) is 3.03. The maximum Gasteiger partial charge on any atom is 0.224 e. The van der Waals surface area contributed by atoms with Crippen LogP contribution < -0.4 is 5.32 Å². The normalized spacial score (nSPS) is 15.4. The molecule has 1 N–H and O–H groups in total. The largest absolute Gasteiger partial charge is 0.360 e. The van der Waals surface area contributed by atoms with Gasteiger partial charge in [0.2, 0.25) is 11.0 Å². The van der Waals surface area contributed by atoms with Gasteiger partial charge >= 0.3 is 0 Å². The van der Waals surface area contributed by atoms with Gasteiger partial charge in [-0.05, 0) is 12.8 Å². The summed E-state index contributed by atoms with van der Waals surface area (Å²) in [6, 6.07) is 0. The summed E-state index contributed by atoms with van der Waals surface area (Å²) < 4.78 is 4.26. The van der Waals surface area contributed by atoms with Gasteiger partial charge in [-0.3, -0.25) is 4.79 Å². The smallest absolute Gasteiger partial charge is 0.224 e. The van der Waals surface area contributed by atoms with E-state index in [1.807, 2.05) is 4.90 Å². The van der Waals surface area contributed by atoms with E-state index in [0.717, 1.165) is 36.9 Å². The van der Waals surface area contributed by atoms with Crippen LogP contribution in [-0.4, -0.2) is 39.8 Å². The second-order valence-corrected chi connectivity index (χ2v) is 5.63. The Kier molecular flexibility index (Phi) is 4.52. The van der Waals surface area contributed by atoms with Crippen molar-refractivity contribution in [1.82, 2.24) is 14.3 Å². The highest BCUT2D eigenvalue weighted by atomic mass is 32.1. The van der Waals surface area contributed by atoms with E-state index in [4.69, 9.17) is 0 Å². The van der Waals surface area contributed by atoms with Crippen LogP contribution in [0.4, 0.5) is 5.13 Å². The number of amides is 1. The minimum absolute atomic E-state index is 0.244. The van der Waals surface area contributed by atoms with Crippen molar-refractivity contribution in [1.29, 1.82) is 0 Å². The second kappa shape index (κ2) is 6.13. The number of aromatic nitrogens is 2. The molecule has 1 amide bonds. The average Bonchev–Trinajstić information content (AvgIpc) is 3.00. The Morgan fingerprint density at radius 1 is 1.44 bits per heavy atom. The monoisotopic (exact) mass is 268 g/mol. The number of hydrogen-bond donors (Lipinski definition) is 1. The number of carbonyl (C=O) groups excluding carboxylic acids is 1. The van der Waals surface area contributed by atoms with Crippen molar-refractivity contribution < 1.29 is 4.79 Å². The molecule has 18 heavy (non-hydrogen) atoms. The molecule has 6 heteroatoms. The summed E-state index contributed by atoms with van der Waals surface area (Å²) in [5.74, 6) is 1.46. The van der Waals surface area contributed by atoms with Crippen LogP contribution in [0.1, 0.15) is 44.9 Å². The molecule has 100 valence electrons. The standard InChI is InChI=1S/C12H20N4OS/c1-9(2)11-14-12(18-15-11)13-6-5-10(17)16-7-3-4-8-16/h9H,3-8H2,1-2H3,(H,13,14,15). The number of nitrogens with zero attached hydrogens (tertiary/aromatic N) is 3. The van der Waals surface area contributed by atoms with Crippen LogP contribution >= 0.6 is 11.5 Å². The summed E-state index contributed by atoms with van der Waals surface area (Å²) in [5.41, 5.74) is 0. The van der Waals surface area contributed by atoms with Gasteiger partial charge in [-0.25, -0.2) is 4.98 Å². The van der Waals surface area contributed by atoms with E-state index in [1.54, 1.807) is 0 Å². The van der Waals surface area contributed by atoms with Gasteiger partial charge in [0.1, 0.15) is 5.82 Å². The second-order valence-electron chi connectivity index (χ2n) is 4.88. The minimum atomic E-state index is 0.244. The zero-order chi connectivity index (χ0) is 13.0. The van der Waals surface area contributed by atoms with Crippen molar-refractivity contribution in [2.24, 2.45) is 0 Å². The first kappa shape index (κ1) is 13.3. The van der Waals surface area contributed by atoms with Gasteiger partial charge in [-0.1, -0.05) is 13.8 Å². The molecule has 0 aliphatic carbocycles. The number of anilines is 1. The van der Waals surface area contributed by atoms with Crippen molar-refractivity contribution in [2.75, 3.05) is 25.0 Å². The Bertz CT molecular complexity index is 399. The zero-order valence-electron chi connectivity index (χ0n) is 11.0. The summed E-state index contributed by atoms with van der Waals surface area (Å²) in [4.78, 5) is 18.1. The van der Waals surface area contributed by atoms with Gasteiger partial charge in [-0.2, -0.15) is 4.37 Å². The Balaban J connectivity index is 1.72. The molecule has 0 bridgehead atoms. The molecule has 1 aromatic rings. The molecule has 0 unspecified atom stereocenters. The van der Waals surface area contributed by atoms with Crippen LogP contribution in [0.15, 0.2) is 0 Å². The van der Waals surface area contributed by atoms with Crippen molar-refractivity contribution >= 4 is 22.6 Å². The number of likely N-dealkylation sites (tertiary alicyclic amines) is 1. The lowest BCUT2D eigenvalue weighted by Crippen LogP contribution is -2.29. The number of carbonyl (C=O) groups is 1. The minimum Gasteiger partial charge on any atom is -0.360 e. The fourth-order valence-electron chi connectivity index (χ4n) is 1.94. The zero-order valence-corrected chi connectivity index (χ0v) is 11.8. The fraction of sp³-hybridized carbons (Fsp3) is 0.750. The SMILES string of the molecule is CC(C)c1nsc(NCCC(=O)N2CCCC2)n1. The molecule has 5 nitrogen and oxygen atoms in total. The molecule has 1 aromatic heterocycles. The molecular weight excluding hydrogens is 248 g/mol. The third kappa shape index (κ3) is 3.41. The highest BCUT2D eigenvalue weighted by Gasteiger charge is 2.17. The Morgan fingerprint density at radius 3 is 2.78 bits per heavy atom. The number of nitrogens with one attached hydrogen (secondary N) is 1. The van der Waals surface area contributed by atoms with Crippen molar-refractivity contribution in [3.05, 3.63) is 5.82 Å². The molecule has 1 fully saturated rings. The Hall–Kier alpha value is -1.17. The quantitative estimate of drug-likeness (QED) is 0.888. The van der Waals surface area contributed by atoms with Gasteiger partial charge in [-0.15, -0.1) is 0 Å². The lowest BCUT2D eigenvalue weighted by Gasteiger charge is -2.14. The fourth-order valence-corrected chi connectivity index (χ4v) is 2.67. The van der Waals surface area contributed by atoms with E-state index in [0.29, 0.717) is 18.9 Å². The van der Waals surface area contributed by atoms with Crippen molar-refractivity contribution in [3.63, 3.8) is 0 Å². The van der Waals surface area contributed by atoms with Crippen LogP contribution in [-0.2, 0) is 4.79 Å². The summed E-state index contributed by atoms with van der Waals surface area (Å²) >= 11 is 1.36. The van der Waals surface area contributed by atoms with E-state index < -0.39 is 0 Å². The summed E-state index contributed by atoms with van der Waals surface area (Å²) in [6.45, 7) is 6.64. The Morgan fingerprint density at radius 2 is 2.17 bits per heavy atom. The lowest BCUT2D eigenvalue weighted by molar-refractivity contribution is -0.129. The van der Waals surface area contributed by atoms with Crippen LogP contribution in [0.25, 0.3) is 0 Å². The summed E-state index contributed by atoms with van der Waals surface area (Å²) in [5, 5.41) is 3.98. The van der Waals surface area contributed by atoms with E-state index in [1.165, 1.54) is 11.5 Å². The highest BCUT2D eigenvalue weighted by molar-refractivity contribution is 7.09. The maximum atomic E-state index is 11.8. The summed E-state index contributed by atoms with van der Waals surface area (Å²) in [6.07, 6.45) is 2.83. The summed E-state index contributed by atoms with van der Waals surface area (Å²) in [7, 11) is 0. The molecule has 0 spiro atoms. The topological polar surface area (TPSA) is 58.1 Å². The molecule has 1 aliphatic rings. The molecule has 0 radical (unpaired) electrons. The first-order valence-corrected chi connectivity index (χ1v) is 7.29. The highest BCUT2D eigenvalue weighted by Crippen LogP contribution is 2.17.